The predicted molar refractivity (Wildman–Crippen MR) is 105 cm³/mol. The Bertz CT molecular complexity index is 740. The van der Waals surface area contributed by atoms with Crippen molar-refractivity contribution in [1.82, 2.24) is 4.90 Å². The van der Waals surface area contributed by atoms with Gasteiger partial charge in [0.25, 0.3) is 0 Å². The Labute approximate surface area is 163 Å². The van der Waals surface area contributed by atoms with Gasteiger partial charge in [0, 0.05) is 25.2 Å². The molecular formula is C19H22Cl2N2O3. The average Bonchev–Trinajstić information content (AvgIpc) is 2.62. The molecule has 2 amide bonds. The number of hydrogen-bond acceptors (Lipinski definition) is 3. The summed E-state index contributed by atoms with van der Waals surface area (Å²) in [7, 11) is 1.69. The molecule has 7 heteroatoms. The van der Waals surface area contributed by atoms with Crippen molar-refractivity contribution in [2.75, 3.05) is 32.2 Å². The lowest BCUT2D eigenvalue weighted by Gasteiger charge is -2.20. The molecule has 2 rings (SSSR count). The van der Waals surface area contributed by atoms with Gasteiger partial charge in [-0.05, 0) is 30.7 Å². The Morgan fingerprint density at radius 3 is 2.54 bits per heavy atom. The van der Waals surface area contributed by atoms with E-state index in [-0.39, 0.29) is 6.03 Å². The van der Waals surface area contributed by atoms with Gasteiger partial charge in [0.2, 0.25) is 0 Å². The quantitative estimate of drug-likeness (QED) is 0.633. The fourth-order valence-corrected chi connectivity index (χ4v) is 2.69. The number of amides is 2. The molecule has 0 spiro atoms. The minimum atomic E-state index is -0.290. The minimum Gasteiger partial charge on any atom is -0.487 e. The van der Waals surface area contributed by atoms with Gasteiger partial charge in [-0.1, -0.05) is 47.5 Å². The number of nitrogens with one attached hydrogen (secondary N) is 1. The standard InChI is InChI=1S/C19H22Cl2N2O3/c1-3-25-11-12-26-18-16(21)9-6-10-17(18)22-19(24)23(2)13-14-7-4-5-8-15(14)20/h4-10H,3,11-13H2,1-2H3,(H,22,24). The van der Waals surface area contributed by atoms with Crippen LogP contribution in [0.2, 0.25) is 10.0 Å². The first-order chi connectivity index (χ1) is 12.5. The summed E-state index contributed by atoms with van der Waals surface area (Å²) in [6.45, 7) is 3.70. The molecule has 0 saturated heterocycles. The van der Waals surface area contributed by atoms with E-state index in [4.69, 9.17) is 32.7 Å². The van der Waals surface area contributed by atoms with E-state index in [1.807, 2.05) is 25.1 Å². The molecule has 1 N–H and O–H groups in total. The van der Waals surface area contributed by atoms with Crippen molar-refractivity contribution < 1.29 is 14.3 Å². The van der Waals surface area contributed by atoms with E-state index in [1.165, 1.54) is 4.90 Å². The van der Waals surface area contributed by atoms with Crippen molar-refractivity contribution >= 4 is 34.9 Å². The van der Waals surface area contributed by atoms with Crippen molar-refractivity contribution in [3.05, 3.63) is 58.1 Å². The minimum absolute atomic E-state index is 0.290. The number of halogens is 2. The third-order valence-corrected chi connectivity index (χ3v) is 4.27. The van der Waals surface area contributed by atoms with E-state index in [9.17, 15) is 4.79 Å². The summed E-state index contributed by atoms with van der Waals surface area (Å²) in [6, 6.07) is 12.3. The zero-order valence-electron chi connectivity index (χ0n) is 14.8. The van der Waals surface area contributed by atoms with Crippen LogP contribution < -0.4 is 10.1 Å². The summed E-state index contributed by atoms with van der Waals surface area (Å²) < 4.78 is 10.9. The van der Waals surface area contributed by atoms with Gasteiger partial charge in [0.05, 0.1) is 17.3 Å². The second-order valence-electron chi connectivity index (χ2n) is 5.54. The molecule has 2 aromatic carbocycles. The Morgan fingerprint density at radius 2 is 1.81 bits per heavy atom. The van der Waals surface area contributed by atoms with Gasteiger partial charge in [-0.15, -0.1) is 0 Å². The van der Waals surface area contributed by atoms with Crippen molar-refractivity contribution in [1.29, 1.82) is 0 Å². The molecule has 0 fully saturated rings. The highest BCUT2D eigenvalue weighted by atomic mass is 35.5. The number of urea groups is 1. The first-order valence-corrected chi connectivity index (χ1v) is 9.03. The lowest BCUT2D eigenvalue weighted by molar-refractivity contribution is 0.110. The number of para-hydroxylation sites is 1. The molecule has 26 heavy (non-hydrogen) atoms. The smallest absolute Gasteiger partial charge is 0.321 e. The fourth-order valence-electron chi connectivity index (χ4n) is 2.27. The van der Waals surface area contributed by atoms with E-state index < -0.39 is 0 Å². The SMILES string of the molecule is CCOCCOc1c(Cl)cccc1NC(=O)N(C)Cc1ccccc1Cl. The maximum atomic E-state index is 12.5. The summed E-state index contributed by atoms with van der Waals surface area (Å²) >= 11 is 12.4. The number of anilines is 1. The van der Waals surface area contributed by atoms with Crippen molar-refractivity contribution in [3.8, 4) is 5.75 Å². The maximum Gasteiger partial charge on any atom is 0.321 e. The normalized spacial score (nSPS) is 10.5. The second kappa shape index (κ2) is 10.3. The van der Waals surface area contributed by atoms with E-state index in [1.54, 1.807) is 31.3 Å². The molecule has 0 aliphatic heterocycles. The zero-order valence-corrected chi connectivity index (χ0v) is 16.3. The highest BCUT2D eigenvalue weighted by molar-refractivity contribution is 6.32. The Morgan fingerprint density at radius 1 is 1.08 bits per heavy atom. The summed E-state index contributed by atoms with van der Waals surface area (Å²) in [5.41, 5.74) is 1.37. The van der Waals surface area contributed by atoms with Crippen LogP contribution in [0.3, 0.4) is 0 Å². The van der Waals surface area contributed by atoms with Crippen LogP contribution in [0.1, 0.15) is 12.5 Å². The second-order valence-corrected chi connectivity index (χ2v) is 6.35. The van der Waals surface area contributed by atoms with Crippen LogP contribution in [0.4, 0.5) is 10.5 Å². The monoisotopic (exact) mass is 396 g/mol. The largest absolute Gasteiger partial charge is 0.487 e. The van der Waals surface area contributed by atoms with Crippen molar-refractivity contribution in [2.45, 2.75) is 13.5 Å². The summed E-state index contributed by atoms with van der Waals surface area (Å²) in [6.07, 6.45) is 0. The molecule has 0 aliphatic carbocycles. The van der Waals surface area contributed by atoms with Gasteiger partial charge in [0.1, 0.15) is 6.61 Å². The first-order valence-electron chi connectivity index (χ1n) is 8.27. The van der Waals surface area contributed by atoms with Crippen molar-refractivity contribution in [3.63, 3.8) is 0 Å². The van der Waals surface area contributed by atoms with Gasteiger partial charge < -0.3 is 19.7 Å². The van der Waals surface area contributed by atoms with E-state index in [0.717, 1.165) is 5.56 Å². The van der Waals surface area contributed by atoms with Crippen LogP contribution in [0.25, 0.3) is 0 Å². The molecule has 140 valence electrons. The van der Waals surface area contributed by atoms with Crippen LogP contribution in [-0.2, 0) is 11.3 Å². The number of rotatable bonds is 8. The van der Waals surface area contributed by atoms with Gasteiger partial charge in [-0.25, -0.2) is 4.79 Å². The van der Waals surface area contributed by atoms with E-state index >= 15 is 0 Å². The van der Waals surface area contributed by atoms with Gasteiger partial charge in [-0.2, -0.15) is 0 Å². The summed E-state index contributed by atoms with van der Waals surface area (Å²) in [5.74, 6) is 0.424. The number of ether oxygens (including phenoxy) is 2. The van der Waals surface area contributed by atoms with Gasteiger partial charge in [-0.3, -0.25) is 0 Å². The molecule has 0 aromatic heterocycles. The zero-order chi connectivity index (χ0) is 18.9. The van der Waals surface area contributed by atoms with Crippen LogP contribution >= 0.6 is 23.2 Å². The van der Waals surface area contributed by atoms with Crippen LogP contribution in [0.5, 0.6) is 5.75 Å². The Balaban J connectivity index is 2.03. The fraction of sp³-hybridized carbons (Fsp3) is 0.316. The molecule has 0 aliphatic rings. The average molecular weight is 397 g/mol. The van der Waals surface area contributed by atoms with Crippen LogP contribution in [-0.4, -0.2) is 37.8 Å². The van der Waals surface area contributed by atoms with E-state index in [0.29, 0.717) is 47.8 Å². The molecule has 0 unspecified atom stereocenters. The number of hydrogen-bond donors (Lipinski definition) is 1. The number of benzene rings is 2. The van der Waals surface area contributed by atoms with Crippen LogP contribution in [0.15, 0.2) is 42.5 Å². The molecule has 0 bridgehead atoms. The van der Waals surface area contributed by atoms with Crippen molar-refractivity contribution in [2.24, 2.45) is 0 Å². The van der Waals surface area contributed by atoms with E-state index in [2.05, 4.69) is 5.32 Å². The van der Waals surface area contributed by atoms with Crippen LogP contribution in [0, 0.1) is 0 Å². The first kappa shape index (κ1) is 20.4. The number of nitrogens with zero attached hydrogens (tertiary/aromatic N) is 1. The maximum absolute atomic E-state index is 12.5. The predicted octanol–water partition coefficient (Wildman–Crippen LogP) is 5.07. The molecule has 2 aromatic rings. The lowest BCUT2D eigenvalue weighted by atomic mass is 10.2. The molecular weight excluding hydrogens is 375 g/mol. The van der Waals surface area contributed by atoms with Gasteiger partial charge >= 0.3 is 6.03 Å². The molecule has 0 heterocycles. The number of carbonyl (C=O) groups excluding carboxylic acids is 1. The summed E-state index contributed by atoms with van der Waals surface area (Å²) in [4.78, 5) is 14.1. The molecule has 5 nitrogen and oxygen atoms in total. The highest BCUT2D eigenvalue weighted by Gasteiger charge is 2.15. The Kier molecular flexibility index (Phi) is 8.04. The van der Waals surface area contributed by atoms with Gasteiger partial charge in [0.15, 0.2) is 5.75 Å². The lowest BCUT2D eigenvalue weighted by Crippen LogP contribution is -2.31. The molecule has 0 radical (unpaired) electrons. The molecule has 0 saturated carbocycles. The molecule has 0 atom stereocenters. The third kappa shape index (κ3) is 5.80. The number of carbonyl (C=O) groups is 1. The highest BCUT2D eigenvalue weighted by Crippen LogP contribution is 2.33. The topological polar surface area (TPSA) is 50.8 Å². The summed E-state index contributed by atoms with van der Waals surface area (Å²) in [5, 5.41) is 3.87. The third-order valence-electron chi connectivity index (χ3n) is 3.60. The Hall–Kier alpha value is -1.95.